The third-order valence-electron chi connectivity index (χ3n) is 1.73. The summed E-state index contributed by atoms with van der Waals surface area (Å²) < 4.78 is 8.78. The van der Waals surface area contributed by atoms with E-state index in [1.807, 2.05) is 0 Å². The van der Waals surface area contributed by atoms with Crippen molar-refractivity contribution in [3.8, 4) is 0 Å². The van der Waals surface area contributed by atoms with Crippen molar-refractivity contribution < 1.29 is 14.6 Å². The van der Waals surface area contributed by atoms with Crippen molar-refractivity contribution in [2.75, 3.05) is 19.0 Å². The molecule has 1 aromatic heterocycles. The maximum Gasteiger partial charge on any atom is 0.326 e. The second kappa shape index (κ2) is 5.62. The summed E-state index contributed by atoms with van der Waals surface area (Å²) in [5, 5.41) is 12.2. The summed E-state index contributed by atoms with van der Waals surface area (Å²) in [6.45, 7) is 2.15. The smallest absolute Gasteiger partial charge is 0.326 e. The van der Waals surface area contributed by atoms with Gasteiger partial charge in [0, 0.05) is 31.7 Å². The molecule has 1 rings (SSSR count). The van der Waals surface area contributed by atoms with Gasteiger partial charge in [-0.2, -0.15) is 4.37 Å². The minimum absolute atomic E-state index is 0.391. The highest BCUT2D eigenvalue weighted by atomic mass is 32.1. The minimum atomic E-state index is -0.917. The molecular formula is C8H13N3O3S. The molecule has 1 unspecified atom stereocenters. The molecule has 0 aliphatic heterocycles. The molecule has 0 saturated carbocycles. The lowest BCUT2D eigenvalue weighted by atomic mass is 10.2. The Morgan fingerprint density at radius 2 is 2.47 bits per heavy atom. The van der Waals surface area contributed by atoms with Crippen LogP contribution in [-0.4, -0.2) is 40.2 Å². The monoisotopic (exact) mass is 231 g/mol. The van der Waals surface area contributed by atoms with Gasteiger partial charge in [0.25, 0.3) is 0 Å². The fraction of sp³-hybridized carbons (Fsp3) is 0.625. The summed E-state index contributed by atoms with van der Waals surface area (Å²) >= 11 is 1.15. The topological polar surface area (TPSA) is 84.3 Å². The molecule has 0 radical (unpaired) electrons. The van der Waals surface area contributed by atoms with E-state index < -0.39 is 12.0 Å². The van der Waals surface area contributed by atoms with E-state index in [-0.39, 0.29) is 0 Å². The van der Waals surface area contributed by atoms with Gasteiger partial charge in [-0.1, -0.05) is 0 Å². The van der Waals surface area contributed by atoms with Crippen LogP contribution in [0.4, 0.5) is 5.13 Å². The number of aryl methyl sites for hydroxylation is 1. The van der Waals surface area contributed by atoms with E-state index >= 15 is 0 Å². The van der Waals surface area contributed by atoms with Gasteiger partial charge in [0.05, 0.1) is 0 Å². The van der Waals surface area contributed by atoms with Crippen molar-refractivity contribution in [3.05, 3.63) is 5.82 Å². The van der Waals surface area contributed by atoms with Crippen molar-refractivity contribution in [1.82, 2.24) is 9.36 Å². The average Bonchev–Trinajstić information content (AvgIpc) is 2.58. The van der Waals surface area contributed by atoms with Crippen LogP contribution in [-0.2, 0) is 9.53 Å². The Hall–Kier alpha value is -1.21. The summed E-state index contributed by atoms with van der Waals surface area (Å²) in [6.07, 6.45) is 0.393. The van der Waals surface area contributed by atoms with Crippen LogP contribution >= 0.6 is 11.5 Å². The molecule has 84 valence electrons. The predicted molar refractivity (Wildman–Crippen MR) is 56.2 cm³/mol. The van der Waals surface area contributed by atoms with E-state index in [0.29, 0.717) is 24.0 Å². The molecule has 6 nitrogen and oxygen atoms in total. The van der Waals surface area contributed by atoms with Crippen molar-refractivity contribution in [3.63, 3.8) is 0 Å². The highest BCUT2D eigenvalue weighted by Crippen LogP contribution is 2.12. The Morgan fingerprint density at radius 1 is 1.73 bits per heavy atom. The Morgan fingerprint density at radius 3 is 2.93 bits per heavy atom. The number of ether oxygens (including phenoxy) is 1. The number of methoxy groups -OCH3 is 1. The maximum atomic E-state index is 10.9. The number of anilines is 1. The van der Waals surface area contributed by atoms with Gasteiger partial charge in [0.2, 0.25) is 5.13 Å². The van der Waals surface area contributed by atoms with Crippen LogP contribution in [0.2, 0.25) is 0 Å². The Balaban J connectivity index is 2.54. The lowest BCUT2D eigenvalue weighted by molar-refractivity contribution is -0.138. The SMILES string of the molecule is COCCC(Nc1nc(C)ns1)C(=O)O. The Labute approximate surface area is 91.5 Å². The Bertz CT molecular complexity index is 329. The molecule has 15 heavy (non-hydrogen) atoms. The minimum Gasteiger partial charge on any atom is -0.480 e. The van der Waals surface area contributed by atoms with Crippen molar-refractivity contribution in [1.29, 1.82) is 0 Å². The number of carboxylic acids is 1. The quantitative estimate of drug-likeness (QED) is 0.751. The number of carboxylic acid groups (broad SMARTS) is 1. The first-order chi connectivity index (χ1) is 7.13. The fourth-order valence-corrected chi connectivity index (χ4v) is 1.63. The van der Waals surface area contributed by atoms with Crippen LogP contribution in [0, 0.1) is 6.92 Å². The van der Waals surface area contributed by atoms with Gasteiger partial charge in [0.15, 0.2) is 0 Å². The summed E-state index contributed by atoms with van der Waals surface area (Å²) in [6, 6.07) is -0.683. The predicted octanol–water partition coefficient (Wildman–Crippen LogP) is 0.748. The molecule has 0 amide bonds. The van der Waals surface area contributed by atoms with Gasteiger partial charge in [-0.15, -0.1) is 0 Å². The van der Waals surface area contributed by atoms with Crippen molar-refractivity contribution in [2.24, 2.45) is 0 Å². The molecule has 1 aromatic rings. The zero-order valence-electron chi connectivity index (χ0n) is 8.56. The van der Waals surface area contributed by atoms with E-state index in [1.54, 1.807) is 6.92 Å². The first-order valence-corrected chi connectivity index (χ1v) is 5.19. The second-order valence-corrected chi connectivity index (χ2v) is 3.72. The molecule has 1 atom stereocenters. The van der Waals surface area contributed by atoms with Crippen LogP contribution in [0.25, 0.3) is 0 Å². The van der Waals surface area contributed by atoms with Crippen molar-refractivity contribution >= 4 is 22.6 Å². The molecular weight excluding hydrogens is 218 g/mol. The zero-order chi connectivity index (χ0) is 11.3. The van der Waals surface area contributed by atoms with Gasteiger partial charge >= 0.3 is 5.97 Å². The number of aromatic nitrogens is 2. The lowest BCUT2D eigenvalue weighted by Gasteiger charge is -2.12. The normalized spacial score (nSPS) is 12.4. The number of hydrogen-bond acceptors (Lipinski definition) is 6. The summed E-state index contributed by atoms with van der Waals surface area (Å²) in [7, 11) is 1.54. The van der Waals surface area contributed by atoms with Crippen molar-refractivity contribution in [2.45, 2.75) is 19.4 Å². The summed E-state index contributed by atoms with van der Waals surface area (Å²) in [4.78, 5) is 14.9. The third-order valence-corrected chi connectivity index (χ3v) is 2.47. The van der Waals surface area contributed by atoms with Crippen LogP contribution < -0.4 is 5.32 Å². The molecule has 0 aliphatic rings. The van der Waals surface area contributed by atoms with Gasteiger partial charge < -0.3 is 15.2 Å². The van der Waals surface area contributed by atoms with Crippen LogP contribution in [0.3, 0.4) is 0 Å². The highest BCUT2D eigenvalue weighted by molar-refractivity contribution is 7.09. The van der Waals surface area contributed by atoms with Crippen LogP contribution in [0.15, 0.2) is 0 Å². The summed E-state index contributed by atoms with van der Waals surface area (Å²) in [5.74, 6) is -0.279. The first-order valence-electron chi connectivity index (χ1n) is 4.42. The lowest BCUT2D eigenvalue weighted by Crippen LogP contribution is -2.30. The third kappa shape index (κ3) is 3.80. The second-order valence-electron chi connectivity index (χ2n) is 2.96. The number of nitrogens with one attached hydrogen (secondary N) is 1. The molecule has 1 heterocycles. The maximum absolute atomic E-state index is 10.9. The van der Waals surface area contributed by atoms with Crippen LogP contribution in [0.5, 0.6) is 0 Å². The highest BCUT2D eigenvalue weighted by Gasteiger charge is 2.18. The average molecular weight is 231 g/mol. The number of rotatable bonds is 6. The Kier molecular flexibility index (Phi) is 4.44. The van der Waals surface area contributed by atoms with Gasteiger partial charge in [-0.05, 0) is 6.92 Å². The number of hydrogen-bond donors (Lipinski definition) is 2. The fourth-order valence-electron chi connectivity index (χ4n) is 0.998. The van der Waals surface area contributed by atoms with E-state index in [0.717, 1.165) is 11.5 Å². The largest absolute Gasteiger partial charge is 0.480 e. The molecule has 0 bridgehead atoms. The van der Waals surface area contributed by atoms with E-state index in [9.17, 15) is 4.79 Å². The van der Waals surface area contributed by atoms with E-state index in [1.165, 1.54) is 7.11 Å². The molecule has 0 aliphatic carbocycles. The first kappa shape index (κ1) is 11.9. The molecule has 0 aromatic carbocycles. The molecule has 0 spiro atoms. The molecule has 0 saturated heterocycles. The number of nitrogens with zero attached hydrogens (tertiary/aromatic N) is 2. The number of carbonyl (C=O) groups is 1. The number of aliphatic carboxylic acids is 1. The van der Waals surface area contributed by atoms with Gasteiger partial charge in [-0.3, -0.25) is 0 Å². The summed E-state index contributed by atoms with van der Waals surface area (Å²) in [5.41, 5.74) is 0. The standard InChI is InChI=1S/C8H13N3O3S/c1-5-9-8(15-11-5)10-6(7(12)13)3-4-14-2/h6H,3-4H2,1-2H3,(H,12,13)(H,9,10,11). The van der Waals surface area contributed by atoms with Crippen LogP contribution in [0.1, 0.15) is 12.2 Å². The van der Waals surface area contributed by atoms with Gasteiger partial charge in [0.1, 0.15) is 11.9 Å². The zero-order valence-corrected chi connectivity index (χ0v) is 9.37. The van der Waals surface area contributed by atoms with E-state index in [4.69, 9.17) is 9.84 Å². The van der Waals surface area contributed by atoms with Gasteiger partial charge in [-0.25, -0.2) is 9.78 Å². The molecule has 7 heteroatoms. The molecule has 2 N–H and O–H groups in total. The molecule has 0 fully saturated rings. The van der Waals surface area contributed by atoms with E-state index in [2.05, 4.69) is 14.7 Å².